The average Bonchev–Trinajstić information content (AvgIpc) is 2.56. The quantitative estimate of drug-likeness (QED) is 0.804. The number of halogens is 1. The van der Waals surface area contributed by atoms with Crippen LogP contribution in [0.15, 0.2) is 18.2 Å². The standard InChI is InChI=1S/C12H15ClN2/c1-7(2)12-11(13)10-8(6-14)4-3-5-9(10)15-12/h3-5,7,15H,6,14H2,1-2H3. The highest BCUT2D eigenvalue weighted by Crippen LogP contribution is 2.33. The second-order valence-corrected chi connectivity index (χ2v) is 4.43. The van der Waals surface area contributed by atoms with Gasteiger partial charge in [-0.1, -0.05) is 37.6 Å². The molecule has 0 unspecified atom stereocenters. The smallest absolute Gasteiger partial charge is 0.0697 e. The monoisotopic (exact) mass is 222 g/mol. The summed E-state index contributed by atoms with van der Waals surface area (Å²) in [5.74, 6) is 0.399. The van der Waals surface area contributed by atoms with Gasteiger partial charge in [0.25, 0.3) is 0 Å². The molecule has 2 aromatic rings. The van der Waals surface area contributed by atoms with E-state index in [1.807, 2.05) is 18.2 Å². The molecule has 3 N–H and O–H groups in total. The second-order valence-electron chi connectivity index (χ2n) is 4.05. The topological polar surface area (TPSA) is 41.8 Å². The molecule has 0 aliphatic heterocycles. The molecule has 0 bridgehead atoms. The SMILES string of the molecule is CC(C)c1[nH]c2cccc(CN)c2c1Cl. The van der Waals surface area contributed by atoms with Crippen LogP contribution in [0.5, 0.6) is 0 Å². The lowest BCUT2D eigenvalue weighted by Crippen LogP contribution is -1.96. The first-order valence-corrected chi connectivity index (χ1v) is 5.52. The number of fused-ring (bicyclic) bond motifs is 1. The molecule has 80 valence electrons. The number of rotatable bonds is 2. The van der Waals surface area contributed by atoms with Gasteiger partial charge in [0.2, 0.25) is 0 Å². The molecule has 0 aliphatic rings. The van der Waals surface area contributed by atoms with Crippen LogP contribution in [0, 0.1) is 0 Å². The summed E-state index contributed by atoms with van der Waals surface area (Å²) in [5.41, 5.74) is 8.96. The highest BCUT2D eigenvalue weighted by atomic mass is 35.5. The van der Waals surface area contributed by atoms with Crippen molar-refractivity contribution in [3.8, 4) is 0 Å². The average molecular weight is 223 g/mol. The van der Waals surface area contributed by atoms with E-state index >= 15 is 0 Å². The van der Waals surface area contributed by atoms with Gasteiger partial charge in [-0.2, -0.15) is 0 Å². The van der Waals surface area contributed by atoms with Crippen LogP contribution in [0.3, 0.4) is 0 Å². The molecule has 0 spiro atoms. The number of nitrogens with one attached hydrogen (secondary N) is 1. The highest BCUT2D eigenvalue weighted by Gasteiger charge is 2.14. The molecule has 2 nitrogen and oxygen atoms in total. The van der Waals surface area contributed by atoms with E-state index in [9.17, 15) is 0 Å². The summed E-state index contributed by atoms with van der Waals surface area (Å²) in [6.45, 7) is 4.77. The molecular formula is C12H15ClN2. The van der Waals surface area contributed by atoms with Gasteiger partial charge in [-0.3, -0.25) is 0 Å². The summed E-state index contributed by atoms with van der Waals surface area (Å²) in [7, 11) is 0. The van der Waals surface area contributed by atoms with Crippen LogP contribution in [-0.2, 0) is 6.54 Å². The van der Waals surface area contributed by atoms with E-state index in [0.717, 1.165) is 27.2 Å². The fourth-order valence-electron chi connectivity index (χ4n) is 1.87. The maximum Gasteiger partial charge on any atom is 0.0697 e. The molecule has 0 fully saturated rings. The van der Waals surface area contributed by atoms with Gasteiger partial charge in [0.1, 0.15) is 0 Å². The molecule has 0 amide bonds. The molecule has 15 heavy (non-hydrogen) atoms. The largest absolute Gasteiger partial charge is 0.357 e. The van der Waals surface area contributed by atoms with Crippen LogP contribution in [0.4, 0.5) is 0 Å². The van der Waals surface area contributed by atoms with E-state index in [1.54, 1.807) is 0 Å². The van der Waals surface area contributed by atoms with E-state index in [1.165, 1.54) is 0 Å². The Labute approximate surface area is 94.4 Å². The molecule has 1 aromatic carbocycles. The fourth-order valence-corrected chi connectivity index (χ4v) is 2.35. The molecule has 0 radical (unpaired) electrons. The van der Waals surface area contributed by atoms with Gasteiger partial charge in [-0.05, 0) is 17.5 Å². The van der Waals surface area contributed by atoms with Crippen LogP contribution in [0.25, 0.3) is 10.9 Å². The minimum absolute atomic E-state index is 0.399. The fraction of sp³-hybridized carbons (Fsp3) is 0.333. The number of hydrogen-bond acceptors (Lipinski definition) is 1. The van der Waals surface area contributed by atoms with Crippen LogP contribution >= 0.6 is 11.6 Å². The first-order valence-electron chi connectivity index (χ1n) is 5.14. The number of aromatic amines is 1. The third kappa shape index (κ3) is 1.64. The third-order valence-electron chi connectivity index (χ3n) is 2.67. The summed E-state index contributed by atoms with van der Waals surface area (Å²) in [6, 6.07) is 6.06. The molecule has 1 aromatic heterocycles. The Kier molecular flexibility index (Phi) is 2.72. The van der Waals surface area contributed by atoms with Gasteiger partial charge in [0, 0.05) is 23.1 Å². The van der Waals surface area contributed by atoms with Crippen molar-refractivity contribution in [3.05, 3.63) is 34.5 Å². The van der Waals surface area contributed by atoms with Crippen molar-refractivity contribution in [1.29, 1.82) is 0 Å². The minimum Gasteiger partial charge on any atom is -0.357 e. The maximum atomic E-state index is 6.35. The second kappa shape index (κ2) is 3.87. The van der Waals surface area contributed by atoms with Gasteiger partial charge < -0.3 is 10.7 Å². The van der Waals surface area contributed by atoms with Crippen LogP contribution in [-0.4, -0.2) is 4.98 Å². The number of nitrogens with two attached hydrogens (primary N) is 1. The van der Waals surface area contributed by atoms with Crippen molar-refractivity contribution in [1.82, 2.24) is 4.98 Å². The number of hydrogen-bond donors (Lipinski definition) is 2. The third-order valence-corrected chi connectivity index (χ3v) is 3.07. The van der Waals surface area contributed by atoms with Gasteiger partial charge >= 0.3 is 0 Å². The van der Waals surface area contributed by atoms with Crippen LogP contribution < -0.4 is 5.73 Å². The molecule has 2 rings (SSSR count). The summed E-state index contributed by atoms with van der Waals surface area (Å²) < 4.78 is 0. The van der Waals surface area contributed by atoms with Crippen molar-refractivity contribution in [3.63, 3.8) is 0 Å². The minimum atomic E-state index is 0.399. The number of benzene rings is 1. The van der Waals surface area contributed by atoms with Crippen molar-refractivity contribution >= 4 is 22.5 Å². The summed E-state index contributed by atoms with van der Waals surface area (Å²) in [5, 5.41) is 1.89. The Morgan fingerprint density at radius 3 is 2.73 bits per heavy atom. The van der Waals surface area contributed by atoms with E-state index in [0.29, 0.717) is 12.5 Å². The van der Waals surface area contributed by atoms with E-state index in [2.05, 4.69) is 18.8 Å². The van der Waals surface area contributed by atoms with E-state index < -0.39 is 0 Å². The zero-order chi connectivity index (χ0) is 11.0. The summed E-state index contributed by atoms with van der Waals surface area (Å²) >= 11 is 6.35. The normalized spacial score (nSPS) is 11.5. The zero-order valence-electron chi connectivity index (χ0n) is 8.97. The first kappa shape index (κ1) is 10.5. The lowest BCUT2D eigenvalue weighted by Gasteiger charge is -2.02. The Morgan fingerprint density at radius 2 is 2.13 bits per heavy atom. The molecular weight excluding hydrogens is 208 g/mol. The molecule has 0 atom stereocenters. The van der Waals surface area contributed by atoms with Crippen LogP contribution in [0.2, 0.25) is 5.02 Å². The van der Waals surface area contributed by atoms with Crippen molar-refractivity contribution in [2.24, 2.45) is 5.73 Å². The van der Waals surface area contributed by atoms with Crippen molar-refractivity contribution in [2.45, 2.75) is 26.3 Å². The van der Waals surface area contributed by atoms with E-state index in [4.69, 9.17) is 17.3 Å². The number of aromatic nitrogens is 1. The summed E-state index contributed by atoms with van der Waals surface area (Å²) in [6.07, 6.45) is 0. The Balaban J connectivity index is 2.77. The van der Waals surface area contributed by atoms with Gasteiger partial charge in [0.05, 0.1) is 5.02 Å². The molecule has 0 saturated heterocycles. The van der Waals surface area contributed by atoms with Gasteiger partial charge in [-0.15, -0.1) is 0 Å². The van der Waals surface area contributed by atoms with Crippen LogP contribution in [0.1, 0.15) is 31.0 Å². The molecule has 3 heteroatoms. The predicted molar refractivity (Wildman–Crippen MR) is 65.3 cm³/mol. The molecule has 0 saturated carbocycles. The molecule has 0 aliphatic carbocycles. The summed E-state index contributed by atoms with van der Waals surface area (Å²) in [4.78, 5) is 3.35. The Hall–Kier alpha value is -0.990. The van der Waals surface area contributed by atoms with Gasteiger partial charge in [-0.25, -0.2) is 0 Å². The number of H-pyrrole nitrogens is 1. The lowest BCUT2D eigenvalue weighted by atomic mass is 10.1. The van der Waals surface area contributed by atoms with Gasteiger partial charge in [0.15, 0.2) is 0 Å². The zero-order valence-corrected chi connectivity index (χ0v) is 9.73. The Morgan fingerprint density at radius 1 is 1.40 bits per heavy atom. The lowest BCUT2D eigenvalue weighted by molar-refractivity contribution is 0.837. The maximum absolute atomic E-state index is 6.35. The Bertz CT molecular complexity index is 486. The predicted octanol–water partition coefficient (Wildman–Crippen LogP) is 3.40. The van der Waals surface area contributed by atoms with Crippen molar-refractivity contribution in [2.75, 3.05) is 0 Å². The van der Waals surface area contributed by atoms with Crippen molar-refractivity contribution < 1.29 is 0 Å². The molecule has 1 heterocycles. The highest BCUT2D eigenvalue weighted by molar-refractivity contribution is 6.36. The van der Waals surface area contributed by atoms with E-state index in [-0.39, 0.29) is 0 Å². The first-order chi connectivity index (χ1) is 7.15.